The van der Waals surface area contributed by atoms with Crippen LogP contribution in [0.4, 0.5) is 10.5 Å². The molecular formula is C35H30ClN5O5S2. The number of nitrogens with zero attached hydrogens (tertiary/aromatic N) is 5. The fourth-order valence-corrected chi connectivity index (χ4v) is 7.87. The maximum atomic E-state index is 13.0. The van der Waals surface area contributed by atoms with Crippen LogP contribution >= 0.6 is 34.3 Å². The lowest BCUT2D eigenvalue weighted by molar-refractivity contribution is 0.0556. The highest BCUT2D eigenvalue weighted by molar-refractivity contribution is 7.22. The van der Waals surface area contributed by atoms with E-state index in [2.05, 4.69) is 15.0 Å². The highest BCUT2D eigenvalue weighted by Gasteiger charge is 2.34. The largest absolute Gasteiger partial charge is 0.443 e. The van der Waals surface area contributed by atoms with E-state index in [0.717, 1.165) is 49.4 Å². The quantitative estimate of drug-likeness (QED) is 0.166. The number of benzene rings is 3. The maximum absolute atomic E-state index is 13.0. The van der Waals surface area contributed by atoms with Gasteiger partial charge in [-0.25, -0.2) is 4.79 Å². The maximum Gasteiger partial charge on any atom is 0.414 e. The van der Waals surface area contributed by atoms with Crippen LogP contribution in [0.25, 0.3) is 31.6 Å². The number of cyclic esters (lactones) is 1. The fourth-order valence-electron chi connectivity index (χ4n) is 5.78. The van der Waals surface area contributed by atoms with E-state index >= 15 is 0 Å². The Morgan fingerprint density at radius 3 is 2.10 bits per heavy atom. The van der Waals surface area contributed by atoms with E-state index in [9.17, 15) is 14.4 Å². The molecule has 0 radical (unpaired) electrons. The molecule has 8 rings (SSSR count). The minimum Gasteiger partial charge on any atom is -0.443 e. The SMILES string of the molecule is Cc1nc(-c2ccc(N3CC(CN4CCN(C(=O)c5cc6ccccc6s5)CC4)OC3=O)cc2)no1.O=C(Cl)c1cc2ccccc2s1. The molecule has 6 aromatic rings. The second-order valence-electron chi connectivity index (χ2n) is 11.5. The summed E-state index contributed by atoms with van der Waals surface area (Å²) in [6, 6.07) is 27.2. The topological polar surface area (TPSA) is 109 Å². The number of aromatic nitrogens is 2. The van der Waals surface area contributed by atoms with E-state index in [0.29, 0.717) is 42.8 Å². The molecule has 0 spiro atoms. The predicted octanol–water partition coefficient (Wildman–Crippen LogP) is 7.32. The van der Waals surface area contributed by atoms with Crippen LogP contribution in [0, 0.1) is 6.92 Å². The number of amides is 2. The Morgan fingerprint density at radius 1 is 0.875 bits per heavy atom. The normalized spacial score (nSPS) is 16.6. The van der Waals surface area contributed by atoms with Crippen LogP contribution in [0.1, 0.15) is 25.2 Å². The summed E-state index contributed by atoms with van der Waals surface area (Å²) in [4.78, 5) is 47.8. The Hall–Kier alpha value is -4.62. The number of halogens is 1. The lowest BCUT2D eigenvalue weighted by atomic mass is 10.2. The van der Waals surface area contributed by atoms with E-state index in [1.54, 1.807) is 23.2 Å². The van der Waals surface area contributed by atoms with Crippen molar-refractivity contribution in [3.63, 3.8) is 0 Å². The lowest BCUT2D eigenvalue weighted by Gasteiger charge is -2.35. The van der Waals surface area contributed by atoms with Crippen LogP contribution < -0.4 is 4.90 Å². The van der Waals surface area contributed by atoms with Gasteiger partial charge in [-0.15, -0.1) is 22.7 Å². The van der Waals surface area contributed by atoms with Gasteiger partial charge in [-0.05, 0) is 70.9 Å². The van der Waals surface area contributed by atoms with Crippen LogP contribution in [0.5, 0.6) is 0 Å². The molecule has 0 bridgehead atoms. The lowest BCUT2D eigenvalue weighted by Crippen LogP contribution is -2.50. The Balaban J connectivity index is 0.000000255. The highest BCUT2D eigenvalue weighted by Crippen LogP contribution is 2.29. The molecule has 3 aromatic carbocycles. The minimum absolute atomic E-state index is 0.0914. The zero-order valence-electron chi connectivity index (χ0n) is 25.9. The van der Waals surface area contributed by atoms with Crippen molar-refractivity contribution >= 4 is 77.4 Å². The molecule has 13 heteroatoms. The number of aryl methyl sites for hydroxylation is 1. The number of hydrogen-bond donors (Lipinski definition) is 0. The monoisotopic (exact) mass is 699 g/mol. The Kier molecular flexibility index (Phi) is 9.22. The third-order valence-electron chi connectivity index (χ3n) is 8.22. The van der Waals surface area contributed by atoms with E-state index in [1.807, 2.05) is 89.8 Å². The molecule has 2 aliphatic heterocycles. The molecule has 3 aromatic heterocycles. The standard InChI is InChI=1S/C26H25N5O4S.C9H5ClOS/c1-17-27-24(28-35-17)18-6-8-20(9-7-18)31-16-21(34-26(31)33)15-29-10-12-30(13-11-29)25(32)23-14-19-4-2-3-5-22(19)36-23;10-9(11)8-5-6-3-1-2-4-7(6)12-8/h2-9,14,21H,10-13,15-16H2,1H3;1-5H. The van der Waals surface area contributed by atoms with Crippen LogP contribution in [-0.4, -0.2) is 82.6 Å². The number of piperazine rings is 1. The van der Waals surface area contributed by atoms with Crippen LogP contribution in [0.3, 0.4) is 0 Å². The van der Waals surface area contributed by atoms with Crippen molar-refractivity contribution in [3.8, 4) is 11.4 Å². The van der Waals surface area contributed by atoms with E-state index in [1.165, 1.54) is 11.3 Å². The first kappa shape index (κ1) is 32.0. The number of thiophene rings is 2. The van der Waals surface area contributed by atoms with Crippen molar-refractivity contribution in [1.29, 1.82) is 0 Å². The fraction of sp³-hybridized carbons (Fsp3) is 0.229. The molecule has 2 fully saturated rings. The summed E-state index contributed by atoms with van der Waals surface area (Å²) in [5.74, 6) is 1.12. The first-order chi connectivity index (χ1) is 23.3. The number of anilines is 1. The molecule has 0 aliphatic carbocycles. The second kappa shape index (κ2) is 13.9. The third-order valence-corrected chi connectivity index (χ3v) is 10.8. The summed E-state index contributed by atoms with van der Waals surface area (Å²) in [7, 11) is 0. The van der Waals surface area contributed by atoms with Gasteiger partial charge in [-0.3, -0.25) is 19.4 Å². The Labute approximate surface area is 289 Å². The van der Waals surface area contributed by atoms with Gasteiger partial charge in [0.1, 0.15) is 6.10 Å². The third kappa shape index (κ3) is 6.97. The summed E-state index contributed by atoms with van der Waals surface area (Å²) < 4.78 is 12.9. The zero-order chi connectivity index (χ0) is 33.2. The van der Waals surface area contributed by atoms with Gasteiger partial charge >= 0.3 is 6.09 Å². The molecule has 2 aliphatic rings. The van der Waals surface area contributed by atoms with Crippen molar-refractivity contribution < 1.29 is 23.6 Å². The number of fused-ring (bicyclic) bond motifs is 2. The van der Waals surface area contributed by atoms with E-state index < -0.39 is 0 Å². The molecular weight excluding hydrogens is 670 g/mol. The molecule has 1 atom stereocenters. The van der Waals surface area contributed by atoms with Crippen LogP contribution in [0.15, 0.2) is 89.5 Å². The Morgan fingerprint density at radius 2 is 1.50 bits per heavy atom. The van der Waals surface area contributed by atoms with Gasteiger partial charge in [0.25, 0.3) is 11.1 Å². The molecule has 1 unspecified atom stereocenters. The first-order valence-electron chi connectivity index (χ1n) is 15.4. The summed E-state index contributed by atoms with van der Waals surface area (Å²) in [6.07, 6.45) is -0.566. The molecule has 2 saturated heterocycles. The van der Waals surface area contributed by atoms with Gasteiger partial charge in [-0.1, -0.05) is 41.6 Å². The van der Waals surface area contributed by atoms with Gasteiger partial charge in [0, 0.05) is 60.3 Å². The van der Waals surface area contributed by atoms with Crippen molar-refractivity contribution in [2.24, 2.45) is 0 Å². The van der Waals surface area contributed by atoms with Gasteiger partial charge in [0.05, 0.1) is 16.3 Å². The average molecular weight is 700 g/mol. The van der Waals surface area contributed by atoms with Crippen molar-refractivity contribution in [2.45, 2.75) is 13.0 Å². The molecule has 5 heterocycles. The highest BCUT2D eigenvalue weighted by atomic mass is 35.5. The molecule has 244 valence electrons. The van der Waals surface area contributed by atoms with E-state index in [4.69, 9.17) is 20.9 Å². The van der Waals surface area contributed by atoms with Gasteiger partial charge in [-0.2, -0.15) is 4.98 Å². The minimum atomic E-state index is -0.379. The summed E-state index contributed by atoms with van der Waals surface area (Å²) in [5, 5.41) is 5.73. The zero-order valence-corrected chi connectivity index (χ0v) is 28.3. The van der Waals surface area contributed by atoms with Gasteiger partial charge in [0.2, 0.25) is 11.7 Å². The number of rotatable bonds is 6. The average Bonchev–Trinajstić information content (AvgIpc) is 3.91. The van der Waals surface area contributed by atoms with Gasteiger partial charge < -0.3 is 14.2 Å². The molecule has 2 amide bonds. The predicted molar refractivity (Wildman–Crippen MR) is 188 cm³/mol. The van der Waals surface area contributed by atoms with Gasteiger partial charge in [0.15, 0.2) is 0 Å². The van der Waals surface area contributed by atoms with Crippen LogP contribution in [0.2, 0.25) is 0 Å². The summed E-state index contributed by atoms with van der Waals surface area (Å²) >= 11 is 8.32. The number of ether oxygens (including phenoxy) is 1. The number of hydrogen-bond acceptors (Lipinski definition) is 10. The summed E-state index contributed by atoms with van der Waals surface area (Å²) in [5.41, 5.74) is 1.59. The summed E-state index contributed by atoms with van der Waals surface area (Å²) in [6.45, 7) is 5.71. The smallest absolute Gasteiger partial charge is 0.414 e. The first-order valence-corrected chi connectivity index (χ1v) is 17.4. The number of carbonyl (C=O) groups is 3. The Bertz CT molecular complexity index is 2040. The van der Waals surface area contributed by atoms with E-state index in [-0.39, 0.29) is 23.3 Å². The second-order valence-corrected chi connectivity index (χ2v) is 14.0. The molecule has 48 heavy (non-hydrogen) atoms. The van der Waals surface area contributed by atoms with Crippen LogP contribution in [-0.2, 0) is 4.74 Å². The molecule has 0 saturated carbocycles. The van der Waals surface area contributed by atoms with Crippen molar-refractivity contribution in [1.82, 2.24) is 19.9 Å². The number of carbonyl (C=O) groups excluding carboxylic acids is 3. The molecule has 0 N–H and O–H groups in total. The molecule has 10 nitrogen and oxygen atoms in total. The van der Waals surface area contributed by atoms with Crippen molar-refractivity contribution in [3.05, 3.63) is 101 Å². The van der Waals surface area contributed by atoms with Crippen molar-refractivity contribution in [2.75, 3.05) is 44.2 Å².